The van der Waals surface area contributed by atoms with Gasteiger partial charge < -0.3 is 15.0 Å². The Morgan fingerprint density at radius 1 is 1.10 bits per heavy atom. The highest BCUT2D eigenvalue weighted by molar-refractivity contribution is 5.86. The molecule has 1 fully saturated rings. The molecule has 0 unspecified atom stereocenters. The maximum Gasteiger partial charge on any atom is 0.233 e. The molecule has 0 amide bonds. The molecule has 0 bridgehead atoms. The average molecular weight is 403 g/mol. The van der Waals surface area contributed by atoms with E-state index in [1.165, 1.54) is 0 Å². The van der Waals surface area contributed by atoms with E-state index in [1.54, 1.807) is 12.5 Å². The van der Waals surface area contributed by atoms with Crippen LogP contribution in [-0.2, 0) is 6.54 Å². The van der Waals surface area contributed by atoms with Crippen molar-refractivity contribution in [2.45, 2.75) is 38.5 Å². The van der Waals surface area contributed by atoms with Gasteiger partial charge in [-0.15, -0.1) is 0 Å². The predicted octanol–water partition coefficient (Wildman–Crippen LogP) is 2.82. The number of nitrogens with one attached hydrogen (secondary N) is 1. The number of aromatic nitrogens is 4. The van der Waals surface area contributed by atoms with Gasteiger partial charge in [-0.25, -0.2) is 19.9 Å². The number of piperidine rings is 1. The third-order valence-electron chi connectivity index (χ3n) is 5.88. The van der Waals surface area contributed by atoms with Gasteiger partial charge in [-0.1, -0.05) is 12.1 Å². The molecular weight excluding hydrogens is 376 g/mol. The first kappa shape index (κ1) is 19.1. The summed E-state index contributed by atoms with van der Waals surface area (Å²) >= 11 is 0. The zero-order valence-corrected chi connectivity index (χ0v) is 17.4. The fraction of sp³-hybridized carbons (Fsp3) is 0.391. The highest BCUT2D eigenvalue weighted by atomic mass is 16.5. The minimum absolute atomic E-state index is 0.205. The highest BCUT2D eigenvalue weighted by Gasteiger charge is 2.20. The molecule has 2 aliphatic rings. The third-order valence-corrected chi connectivity index (χ3v) is 5.88. The van der Waals surface area contributed by atoms with Gasteiger partial charge in [0, 0.05) is 37.4 Å². The summed E-state index contributed by atoms with van der Waals surface area (Å²) in [6, 6.07) is 6.43. The van der Waals surface area contributed by atoms with Gasteiger partial charge in [0.15, 0.2) is 0 Å². The molecule has 7 heteroatoms. The lowest BCUT2D eigenvalue weighted by molar-refractivity contribution is 0.110. The van der Waals surface area contributed by atoms with Crippen LogP contribution in [0.25, 0.3) is 16.6 Å². The van der Waals surface area contributed by atoms with Crippen LogP contribution in [0.3, 0.4) is 0 Å². The van der Waals surface area contributed by atoms with E-state index in [0.29, 0.717) is 5.88 Å². The van der Waals surface area contributed by atoms with E-state index in [9.17, 15) is 0 Å². The molecule has 2 aliphatic heterocycles. The van der Waals surface area contributed by atoms with Crippen LogP contribution in [0.1, 0.15) is 36.6 Å². The second-order valence-electron chi connectivity index (χ2n) is 8.17. The summed E-state index contributed by atoms with van der Waals surface area (Å²) in [5.74, 6) is 0.600. The van der Waals surface area contributed by atoms with Crippen LogP contribution in [0, 0.1) is 0 Å². The third kappa shape index (κ3) is 3.91. The van der Waals surface area contributed by atoms with Gasteiger partial charge in [-0.2, -0.15) is 0 Å². The Kier molecular flexibility index (Phi) is 5.14. The molecule has 154 valence electrons. The molecule has 1 atom stereocenters. The lowest BCUT2D eigenvalue weighted by Crippen LogP contribution is -2.35. The van der Waals surface area contributed by atoms with Crippen LogP contribution in [0.5, 0.6) is 5.88 Å². The number of hydrogen-bond acceptors (Lipinski definition) is 7. The first-order chi connectivity index (χ1) is 14.7. The van der Waals surface area contributed by atoms with Gasteiger partial charge >= 0.3 is 0 Å². The lowest BCUT2D eigenvalue weighted by Gasteiger charge is -2.28. The number of rotatable bonds is 3. The first-order valence-electron chi connectivity index (χ1n) is 10.5. The van der Waals surface area contributed by atoms with Gasteiger partial charge in [-0.3, -0.25) is 0 Å². The molecule has 30 heavy (non-hydrogen) atoms. The van der Waals surface area contributed by atoms with E-state index in [0.717, 1.165) is 65.9 Å². The zero-order chi connectivity index (χ0) is 20.5. The maximum absolute atomic E-state index is 6.15. The first-order valence-corrected chi connectivity index (χ1v) is 10.5. The average Bonchev–Trinajstić information content (AvgIpc) is 2.94. The van der Waals surface area contributed by atoms with Crippen molar-refractivity contribution in [3.8, 4) is 5.88 Å². The highest BCUT2D eigenvalue weighted by Crippen LogP contribution is 2.29. The minimum atomic E-state index is 0.205. The molecule has 0 radical (unpaired) electrons. The Balaban J connectivity index is 1.48. The Hall–Kier alpha value is -2.90. The minimum Gasteiger partial charge on any atom is -0.473 e. The van der Waals surface area contributed by atoms with E-state index in [4.69, 9.17) is 9.72 Å². The van der Waals surface area contributed by atoms with Gasteiger partial charge in [-0.05, 0) is 50.1 Å². The lowest BCUT2D eigenvalue weighted by atomic mass is 9.96. The standard InChI is InChI=1S/C23H26N6O/c1-15-9-18(19-11-24-14-27-22(19)12-25-15)16-3-4-20-21(10-16)28-23(13-26-20)30-17-5-7-29(2)8-6-17/h3-4,9-11,13-15,17,25H,5-8,12H2,1-2H3/t15-/m1/s1. The summed E-state index contributed by atoms with van der Waals surface area (Å²) in [4.78, 5) is 20.4. The number of hydrogen-bond donors (Lipinski definition) is 1. The number of ether oxygens (including phenoxy) is 1. The normalized spacial score (nSPS) is 20.5. The van der Waals surface area contributed by atoms with Crippen molar-refractivity contribution in [3.05, 3.63) is 59.8 Å². The summed E-state index contributed by atoms with van der Waals surface area (Å²) in [6.07, 6.45) is 9.70. The van der Waals surface area contributed by atoms with E-state index in [-0.39, 0.29) is 12.1 Å². The van der Waals surface area contributed by atoms with Crippen molar-refractivity contribution >= 4 is 16.6 Å². The smallest absolute Gasteiger partial charge is 0.233 e. The molecular formula is C23H26N6O. The Morgan fingerprint density at radius 3 is 2.83 bits per heavy atom. The van der Waals surface area contributed by atoms with Gasteiger partial charge in [0.1, 0.15) is 12.4 Å². The SMILES string of the molecule is C[C@@H]1C=C(c2ccc3ncc(OC4CCN(C)CC4)nc3c2)c2cncnc2CN1. The van der Waals surface area contributed by atoms with E-state index in [2.05, 4.69) is 57.3 Å². The number of benzene rings is 1. The molecule has 0 aliphatic carbocycles. The van der Waals surface area contributed by atoms with Crippen LogP contribution >= 0.6 is 0 Å². The molecule has 0 spiro atoms. The van der Waals surface area contributed by atoms with Crippen molar-refractivity contribution in [2.75, 3.05) is 20.1 Å². The summed E-state index contributed by atoms with van der Waals surface area (Å²) in [7, 11) is 2.15. The largest absolute Gasteiger partial charge is 0.473 e. The summed E-state index contributed by atoms with van der Waals surface area (Å²) in [6.45, 7) is 4.98. The van der Waals surface area contributed by atoms with Crippen LogP contribution < -0.4 is 10.1 Å². The van der Waals surface area contributed by atoms with Gasteiger partial charge in [0.2, 0.25) is 5.88 Å². The molecule has 1 saturated heterocycles. The second kappa shape index (κ2) is 8.08. The summed E-state index contributed by atoms with van der Waals surface area (Å²) < 4.78 is 6.15. The molecule has 0 saturated carbocycles. The fourth-order valence-electron chi connectivity index (χ4n) is 4.12. The second-order valence-corrected chi connectivity index (χ2v) is 8.17. The molecule has 3 aromatic rings. The van der Waals surface area contributed by atoms with Crippen LogP contribution in [0.2, 0.25) is 0 Å². The summed E-state index contributed by atoms with van der Waals surface area (Å²) in [5.41, 5.74) is 5.96. The van der Waals surface area contributed by atoms with Crippen molar-refractivity contribution < 1.29 is 4.74 Å². The van der Waals surface area contributed by atoms with Crippen molar-refractivity contribution in [3.63, 3.8) is 0 Å². The molecule has 1 aromatic carbocycles. The van der Waals surface area contributed by atoms with E-state index in [1.807, 2.05) is 12.3 Å². The molecule has 2 aromatic heterocycles. The monoisotopic (exact) mass is 402 g/mol. The molecule has 7 nitrogen and oxygen atoms in total. The van der Waals surface area contributed by atoms with Crippen LogP contribution in [0.4, 0.5) is 0 Å². The predicted molar refractivity (Wildman–Crippen MR) is 116 cm³/mol. The Labute approximate surface area is 176 Å². The number of fused-ring (bicyclic) bond motifs is 2. The number of nitrogens with zero attached hydrogens (tertiary/aromatic N) is 5. The molecule has 4 heterocycles. The molecule has 1 N–H and O–H groups in total. The maximum atomic E-state index is 6.15. The topological polar surface area (TPSA) is 76.1 Å². The van der Waals surface area contributed by atoms with Crippen molar-refractivity contribution in [1.29, 1.82) is 0 Å². The van der Waals surface area contributed by atoms with Crippen molar-refractivity contribution in [2.24, 2.45) is 0 Å². The summed E-state index contributed by atoms with van der Waals surface area (Å²) in [5, 5.41) is 3.48. The Morgan fingerprint density at radius 2 is 1.97 bits per heavy atom. The Bertz CT molecular complexity index is 1090. The fourth-order valence-corrected chi connectivity index (χ4v) is 4.12. The number of likely N-dealkylation sites (tertiary alicyclic amines) is 1. The van der Waals surface area contributed by atoms with Gasteiger partial charge in [0.05, 0.1) is 22.9 Å². The molecule has 5 rings (SSSR count). The van der Waals surface area contributed by atoms with Crippen LogP contribution in [0.15, 0.2) is 43.0 Å². The van der Waals surface area contributed by atoms with E-state index < -0.39 is 0 Å². The van der Waals surface area contributed by atoms with E-state index >= 15 is 0 Å². The quantitative estimate of drug-likeness (QED) is 0.722. The van der Waals surface area contributed by atoms with Gasteiger partial charge in [0.25, 0.3) is 0 Å². The zero-order valence-electron chi connectivity index (χ0n) is 17.4. The van der Waals surface area contributed by atoms with Crippen LogP contribution in [-0.4, -0.2) is 57.1 Å². The van der Waals surface area contributed by atoms with Crippen molar-refractivity contribution in [1.82, 2.24) is 30.2 Å².